The molecule has 0 radical (unpaired) electrons. The number of halogens is 1. The molecule has 1 atom stereocenters. The minimum atomic E-state index is -0.546. The number of carbonyl (C=O) groups is 1. The number of fused-ring (bicyclic) bond motifs is 3. The van der Waals surface area contributed by atoms with Crippen LogP contribution in [-0.2, 0) is 13.0 Å². The van der Waals surface area contributed by atoms with E-state index in [0.29, 0.717) is 23.4 Å². The summed E-state index contributed by atoms with van der Waals surface area (Å²) >= 11 is 0. The average Bonchev–Trinajstić information content (AvgIpc) is 3.55. The maximum atomic E-state index is 14.5. The smallest absolute Gasteiger partial charge is 0.322 e. The minimum absolute atomic E-state index is 0.288. The van der Waals surface area contributed by atoms with E-state index in [1.54, 1.807) is 42.3 Å². The Morgan fingerprint density at radius 3 is 2.54 bits per heavy atom. The molecule has 1 N–H and O–H groups in total. The van der Waals surface area contributed by atoms with Crippen LogP contribution < -0.4 is 10.1 Å². The molecule has 5 aromatic rings. The molecule has 39 heavy (non-hydrogen) atoms. The lowest BCUT2D eigenvalue weighted by Crippen LogP contribution is -2.38. The first-order valence-electron chi connectivity index (χ1n) is 12.9. The molecule has 3 aromatic carbocycles. The zero-order chi connectivity index (χ0) is 26.9. The highest BCUT2D eigenvalue weighted by Gasteiger charge is 2.36. The van der Waals surface area contributed by atoms with Gasteiger partial charge in [-0.2, -0.15) is 5.10 Å². The Hall–Kier alpha value is -4.85. The van der Waals surface area contributed by atoms with Crippen molar-refractivity contribution < 1.29 is 13.9 Å². The molecule has 0 fully saturated rings. The van der Waals surface area contributed by atoms with Gasteiger partial charge < -0.3 is 19.5 Å². The largest absolute Gasteiger partial charge is 0.497 e. The number of urea groups is 1. The minimum Gasteiger partial charge on any atom is -0.497 e. The number of methoxy groups -OCH3 is 1. The molecule has 2 amide bonds. The van der Waals surface area contributed by atoms with Gasteiger partial charge in [-0.25, -0.2) is 13.9 Å². The van der Waals surface area contributed by atoms with E-state index in [2.05, 4.69) is 16.8 Å². The van der Waals surface area contributed by atoms with Crippen LogP contribution >= 0.6 is 0 Å². The Bertz CT molecular complexity index is 1620. The molecule has 6 rings (SSSR count). The lowest BCUT2D eigenvalue weighted by molar-refractivity contribution is 0.194. The fourth-order valence-electron chi connectivity index (χ4n) is 5.25. The summed E-state index contributed by atoms with van der Waals surface area (Å²) in [6.45, 7) is 2.35. The Balaban J connectivity index is 1.53. The monoisotopic (exact) mass is 521 g/mol. The first kappa shape index (κ1) is 24.5. The predicted molar refractivity (Wildman–Crippen MR) is 148 cm³/mol. The molecule has 0 saturated carbocycles. The van der Waals surface area contributed by atoms with Crippen LogP contribution in [-0.4, -0.2) is 32.4 Å². The molecule has 7 nitrogen and oxygen atoms in total. The molecule has 0 bridgehead atoms. The van der Waals surface area contributed by atoms with Gasteiger partial charge in [-0.3, -0.25) is 0 Å². The van der Waals surface area contributed by atoms with Crippen molar-refractivity contribution in [3.63, 3.8) is 0 Å². The summed E-state index contributed by atoms with van der Waals surface area (Å²) in [6, 6.07) is 26.7. The second-order valence-electron chi connectivity index (χ2n) is 9.40. The Morgan fingerprint density at radius 1 is 1.03 bits per heavy atom. The van der Waals surface area contributed by atoms with Crippen molar-refractivity contribution in [2.24, 2.45) is 0 Å². The van der Waals surface area contributed by atoms with E-state index in [1.165, 1.54) is 12.1 Å². The van der Waals surface area contributed by atoms with Gasteiger partial charge in [0.25, 0.3) is 0 Å². The van der Waals surface area contributed by atoms with E-state index in [9.17, 15) is 9.18 Å². The van der Waals surface area contributed by atoms with Crippen LogP contribution in [0, 0.1) is 5.82 Å². The number of para-hydroxylation sites is 1. The summed E-state index contributed by atoms with van der Waals surface area (Å²) in [5.41, 5.74) is 4.92. The highest BCUT2D eigenvalue weighted by Crippen LogP contribution is 2.39. The van der Waals surface area contributed by atoms with Crippen LogP contribution in [0.5, 0.6) is 5.75 Å². The van der Waals surface area contributed by atoms with Crippen LogP contribution in [0.1, 0.15) is 35.5 Å². The lowest BCUT2D eigenvalue weighted by atomic mass is 10.0. The third-order valence-electron chi connectivity index (χ3n) is 7.07. The molecule has 0 spiro atoms. The van der Waals surface area contributed by atoms with Gasteiger partial charge in [-0.05, 0) is 72.6 Å². The molecule has 1 aliphatic rings. The van der Waals surface area contributed by atoms with Gasteiger partial charge in [0.2, 0.25) is 0 Å². The van der Waals surface area contributed by atoms with Crippen molar-refractivity contribution in [1.29, 1.82) is 0 Å². The van der Waals surface area contributed by atoms with Gasteiger partial charge in [0, 0.05) is 17.4 Å². The van der Waals surface area contributed by atoms with E-state index >= 15 is 0 Å². The van der Waals surface area contributed by atoms with Gasteiger partial charge in [-0.1, -0.05) is 37.3 Å². The Kier molecular flexibility index (Phi) is 6.36. The van der Waals surface area contributed by atoms with Crippen molar-refractivity contribution in [2.45, 2.75) is 25.9 Å². The molecule has 3 heterocycles. The van der Waals surface area contributed by atoms with Crippen LogP contribution in [0.25, 0.3) is 11.5 Å². The summed E-state index contributed by atoms with van der Waals surface area (Å²) in [5.74, 6) is 1.22. The van der Waals surface area contributed by atoms with Gasteiger partial charge in [-0.15, -0.1) is 0 Å². The summed E-state index contributed by atoms with van der Waals surface area (Å²) < 4.78 is 23.8. The number of carbonyl (C=O) groups excluding carboxylic acids is 1. The molecule has 196 valence electrons. The van der Waals surface area contributed by atoms with Crippen molar-refractivity contribution >= 4 is 11.7 Å². The Labute approximate surface area is 226 Å². The molecule has 2 aromatic heterocycles. The second-order valence-corrected chi connectivity index (χ2v) is 9.40. The fourth-order valence-corrected chi connectivity index (χ4v) is 5.25. The Morgan fingerprint density at radius 2 is 1.82 bits per heavy atom. The molecule has 8 heteroatoms. The maximum absolute atomic E-state index is 14.5. The predicted octanol–water partition coefficient (Wildman–Crippen LogP) is 6.51. The van der Waals surface area contributed by atoms with E-state index in [0.717, 1.165) is 28.5 Å². The number of benzene rings is 3. The van der Waals surface area contributed by atoms with Crippen molar-refractivity contribution in [2.75, 3.05) is 12.4 Å². The summed E-state index contributed by atoms with van der Waals surface area (Å²) in [7, 11) is 1.60. The van der Waals surface area contributed by atoms with E-state index in [-0.39, 0.29) is 18.4 Å². The maximum Gasteiger partial charge on any atom is 0.322 e. The quantitative estimate of drug-likeness (QED) is 0.287. The first-order valence-corrected chi connectivity index (χ1v) is 12.9. The van der Waals surface area contributed by atoms with E-state index < -0.39 is 6.04 Å². The number of hydrogen-bond donors (Lipinski definition) is 1. The van der Waals surface area contributed by atoms with Crippen molar-refractivity contribution in [3.05, 3.63) is 126 Å². The molecular formula is C31H28FN5O2. The molecular weight excluding hydrogens is 493 g/mol. The van der Waals surface area contributed by atoms with Crippen LogP contribution in [0.4, 0.5) is 14.9 Å². The van der Waals surface area contributed by atoms with E-state index in [1.807, 2.05) is 59.4 Å². The SMILES string of the molecule is CCc1nn(-c2ccccc2)c2c1CN(C(=O)Nc1ccc(OC)cc1)C(c1cccc(F)c1)c1cccn1-2. The zero-order valence-electron chi connectivity index (χ0n) is 21.7. The number of nitrogens with zero attached hydrogens (tertiary/aromatic N) is 4. The number of aryl methyl sites for hydroxylation is 1. The van der Waals surface area contributed by atoms with E-state index in [4.69, 9.17) is 9.84 Å². The first-order chi connectivity index (χ1) is 19.1. The number of aromatic nitrogens is 3. The van der Waals surface area contributed by atoms with Crippen LogP contribution in [0.2, 0.25) is 0 Å². The lowest BCUT2D eigenvalue weighted by Gasteiger charge is -2.31. The van der Waals surface area contributed by atoms with Gasteiger partial charge >= 0.3 is 6.03 Å². The highest BCUT2D eigenvalue weighted by atomic mass is 19.1. The number of amides is 2. The van der Waals surface area contributed by atoms with Crippen LogP contribution in [0.15, 0.2) is 97.2 Å². The summed E-state index contributed by atoms with van der Waals surface area (Å²) in [6.07, 6.45) is 2.67. The number of anilines is 1. The van der Waals surface area contributed by atoms with Gasteiger partial charge in [0.15, 0.2) is 0 Å². The normalized spacial score (nSPS) is 14.3. The number of hydrogen-bond acceptors (Lipinski definition) is 3. The summed E-state index contributed by atoms with van der Waals surface area (Å²) in [5, 5.41) is 8.01. The third kappa shape index (κ3) is 4.44. The number of rotatable bonds is 5. The van der Waals surface area contributed by atoms with Gasteiger partial charge in [0.05, 0.1) is 36.8 Å². The molecule has 1 aliphatic heterocycles. The standard InChI is InChI=1S/C31H28FN5O2/c1-3-27-26-20-36(31(38)33-23-14-16-25(39-2)17-15-23)29(21-9-7-10-22(32)19-21)28-13-8-18-35(28)30(26)37(34-27)24-11-5-4-6-12-24/h4-19,29H,3,20H2,1-2H3,(H,33,38). The van der Waals surface area contributed by atoms with Crippen molar-refractivity contribution in [3.8, 4) is 17.3 Å². The van der Waals surface area contributed by atoms with Gasteiger partial charge in [0.1, 0.15) is 17.4 Å². The highest BCUT2D eigenvalue weighted by molar-refractivity contribution is 5.90. The third-order valence-corrected chi connectivity index (χ3v) is 7.07. The fraction of sp³-hybridized carbons (Fsp3) is 0.161. The summed E-state index contributed by atoms with van der Waals surface area (Å²) in [4.78, 5) is 15.8. The molecule has 1 unspecified atom stereocenters. The second kappa shape index (κ2) is 10.1. The number of ether oxygens (including phenoxy) is 1. The topological polar surface area (TPSA) is 64.3 Å². The zero-order valence-corrected chi connectivity index (χ0v) is 21.7. The average molecular weight is 522 g/mol. The molecule has 0 aliphatic carbocycles. The van der Waals surface area contributed by atoms with Crippen LogP contribution in [0.3, 0.4) is 0 Å². The molecule has 0 saturated heterocycles. The number of nitrogens with one attached hydrogen (secondary N) is 1. The van der Waals surface area contributed by atoms with Crippen molar-refractivity contribution in [1.82, 2.24) is 19.2 Å².